The van der Waals surface area contributed by atoms with Gasteiger partial charge in [-0.2, -0.15) is 0 Å². The Morgan fingerprint density at radius 3 is 1.24 bits per heavy atom. The number of nitrogens with zero attached hydrogens (tertiary/aromatic N) is 9. The number of carbonyl (C=O) groups excluding carboxylic acids is 22. The molecule has 12 N–H and O–H groups in total. The van der Waals surface area contributed by atoms with Crippen molar-refractivity contribution in [3.8, 4) is 11.5 Å². The number of amides is 17. The topological polar surface area (TPSA) is 681 Å². The Kier molecular flexibility index (Phi) is 42.2. The van der Waals surface area contributed by atoms with E-state index in [1.807, 2.05) is 0 Å². The standard InChI is InChI=1S/C26H32N4O10.C24H30N4O7.C23H26ClN5O7.C22H27N5O9/c1-14-6-4-7-15(2)22(14)25(37)40-13-19(31)17(12-21(33)34)27-23(35)18-8-5-11-29-20(32)10-9-16(24(36)30(18)29)28-26(38)39-3;1-3-5-16(14-21(30)31)25-23(33)19-6-4-13-27-20(29)12-11-18(24(34)28(19)27)26-22(32)15-7-9-17(35-2)10-8-15;1-13(31)11-16(12-30)26-20(33)18-3-2-10-28-19(32)9-8-17(23(36)29(18)28)27-22(35)21(34)25-15-6-4-14(24)5-7-15;1-35-22(34)25-14-6-7-18(29)26-9-3-5-16(27(26)21(14)33)20(32)24-15(10-19(30)31)17(28)12-36-13-4-2-8-23-11-13/h4,6-7,16-18H,5,8-13H2,1-3H3,(H,27,35)(H,28,38)(H,33,34);3,5,7-10,16,18-19H,4,6,11-14H2,1-2H3,(H,25,33)(H,26,32)(H,30,31);4-7,12,16-18H,2-3,8-11H2,1H3,(H,25,34)(H,26,33)(H,27,35);2,4,8,11,14-16H,3,5-7,9-10,12H2,1H3,(H,24,32)(H,25,34)(H,30,31)/b;5-3+;;/t16-,17-,18-;16-,18+,19+;16-,17-,18-;14-,15-,16-/m0100/s1. The number of fused-ring (bicyclic) bond motifs is 4. The summed E-state index contributed by atoms with van der Waals surface area (Å²) in [5.74, 6) is -15.4. The highest BCUT2D eigenvalue weighted by atomic mass is 35.5. The zero-order valence-electron chi connectivity index (χ0n) is 81.2. The molecular weight excluding hydrogens is 1960 g/mol. The summed E-state index contributed by atoms with van der Waals surface area (Å²) < 4.78 is 24.6. The summed E-state index contributed by atoms with van der Waals surface area (Å²) in [6, 6.07) is 6.79. The number of methoxy groups -OCH3 is 3. The number of alkyl carbamates (subject to hydrolysis) is 2. The molecule has 1 aromatic heterocycles. The average molecular weight is 2070 g/mol. The number of carboxylic acids is 3. The number of hydrogen-bond acceptors (Lipinski definition) is 31. The minimum atomic E-state index is -1.58. The van der Waals surface area contributed by atoms with Crippen LogP contribution in [0.25, 0.3) is 0 Å². The third-order valence-electron chi connectivity index (χ3n) is 24.2. The number of halogens is 1. The second-order valence-corrected chi connectivity index (χ2v) is 35.1. The zero-order chi connectivity index (χ0) is 108. The van der Waals surface area contributed by atoms with E-state index >= 15 is 0 Å². The van der Waals surface area contributed by atoms with Gasteiger partial charge in [0, 0.05) is 80.8 Å². The number of aryl methyl sites for hydroxylation is 2. The Hall–Kier alpha value is -16.4. The summed E-state index contributed by atoms with van der Waals surface area (Å²) in [6.45, 7) is 5.88. The fourth-order valence-corrected chi connectivity index (χ4v) is 17.2. The zero-order valence-corrected chi connectivity index (χ0v) is 82.0. The molecule has 0 bridgehead atoms. The Labute approximate surface area is 845 Å². The predicted octanol–water partition coefficient (Wildman–Crippen LogP) is 0.296. The number of esters is 1. The van der Waals surface area contributed by atoms with Gasteiger partial charge < -0.3 is 91.6 Å². The van der Waals surface area contributed by atoms with Gasteiger partial charge in [0.25, 0.3) is 29.5 Å². The van der Waals surface area contributed by atoms with E-state index in [0.29, 0.717) is 71.5 Å². The van der Waals surface area contributed by atoms with E-state index < -0.39 is 229 Å². The van der Waals surface area contributed by atoms with Gasteiger partial charge in [-0.1, -0.05) is 42.0 Å². The summed E-state index contributed by atoms with van der Waals surface area (Å²) in [6.07, 6.45) is 4.99. The highest BCUT2D eigenvalue weighted by Crippen LogP contribution is 2.32. The van der Waals surface area contributed by atoms with E-state index in [9.17, 15) is 130 Å². The monoisotopic (exact) mass is 2070 g/mol. The molecule has 0 radical (unpaired) electrons. The summed E-state index contributed by atoms with van der Waals surface area (Å²) in [4.78, 5) is 317. The Balaban J connectivity index is 0.000000218. The van der Waals surface area contributed by atoms with Gasteiger partial charge in [0.1, 0.15) is 90.6 Å². The number of ether oxygens (including phenoxy) is 5. The highest BCUT2D eigenvalue weighted by Gasteiger charge is 2.51. The predicted molar refractivity (Wildman–Crippen MR) is 505 cm³/mol. The Morgan fingerprint density at radius 2 is 0.864 bits per heavy atom. The van der Waals surface area contributed by atoms with Crippen LogP contribution in [0.1, 0.15) is 174 Å². The number of allylic oxidation sites excluding steroid dienone is 1. The van der Waals surface area contributed by atoms with Gasteiger partial charge in [-0.25, -0.2) is 34.4 Å². The Bertz CT molecular complexity index is 5660. The number of aliphatic carboxylic acids is 3. The average Bonchev–Trinajstić information content (AvgIpc) is 1.69. The molecule has 52 heteroatoms. The molecule has 8 fully saturated rings. The molecule has 4 aromatic rings. The van der Waals surface area contributed by atoms with Gasteiger partial charge >= 0.3 is 47.9 Å². The molecular formula is C95H115ClN18O33. The SMILES string of the molecule is C/C=C/[C@H](CC(=O)O)NC(=O)[C@@H]1CCCN2C(=O)CC[C@H](NC(=O)c3ccc(OC)cc3)C(=O)N12.CC(=O)C[C@@H](C=O)NC(=O)[C@@H]1CCCN2C(=O)CC[C@H](NC(=O)C(=O)Nc3ccc(Cl)cc3)C(=O)N12.COC(=O)N[C@H]1CCC(=O)N2CCC[C@@H](C(=O)N[C@@H](CC(=O)O)C(=O)COC(=O)c3c(C)cccc3C)N2C1=O.COC(=O)N[C@H]1CCC(=O)N2CCC[C@@H](C(=O)N[C@@H](CC(=O)O)C(=O)COc3cccnc3)N2C1=O. The van der Waals surface area contributed by atoms with E-state index in [-0.39, 0.29) is 133 Å². The third-order valence-corrected chi connectivity index (χ3v) is 24.5. The number of rotatable bonds is 33. The molecule has 790 valence electrons. The van der Waals surface area contributed by atoms with Gasteiger partial charge in [0.15, 0.2) is 18.2 Å². The van der Waals surface area contributed by atoms with Crippen molar-refractivity contribution in [1.29, 1.82) is 0 Å². The van der Waals surface area contributed by atoms with Crippen LogP contribution in [0.15, 0.2) is 103 Å². The van der Waals surface area contributed by atoms with Crippen LogP contribution in [0.3, 0.4) is 0 Å². The molecule has 3 aromatic carbocycles. The number of anilines is 1. The molecule has 147 heavy (non-hydrogen) atoms. The summed E-state index contributed by atoms with van der Waals surface area (Å²) in [7, 11) is 3.75. The molecule has 9 heterocycles. The maximum atomic E-state index is 13.5. The maximum absolute atomic E-state index is 13.5. The second-order valence-electron chi connectivity index (χ2n) is 34.7. The van der Waals surface area contributed by atoms with Crippen LogP contribution in [0.4, 0.5) is 15.3 Å². The quantitative estimate of drug-likeness (QED) is 0.0100. The number of pyridine rings is 1. The van der Waals surface area contributed by atoms with Crippen LogP contribution in [0.2, 0.25) is 5.02 Å². The van der Waals surface area contributed by atoms with Gasteiger partial charge in [-0.05, 0) is 177 Å². The van der Waals surface area contributed by atoms with Crippen LogP contribution < -0.4 is 57.3 Å². The lowest BCUT2D eigenvalue weighted by atomic mass is 10.0. The lowest BCUT2D eigenvalue weighted by Crippen LogP contribution is -2.64. The number of carboxylic acid groups (broad SMARTS) is 3. The molecule has 0 spiro atoms. The highest BCUT2D eigenvalue weighted by molar-refractivity contribution is 6.40. The normalized spacial score (nSPS) is 20.4. The molecule has 0 unspecified atom stereocenters. The van der Waals surface area contributed by atoms with Gasteiger partial charge in [0.05, 0.1) is 64.4 Å². The molecule has 12 atom stereocenters. The molecule has 0 saturated carbocycles. The summed E-state index contributed by atoms with van der Waals surface area (Å²) in [5, 5.41) is 59.0. The summed E-state index contributed by atoms with van der Waals surface area (Å²) >= 11 is 5.80. The van der Waals surface area contributed by atoms with E-state index in [1.165, 1.54) is 55.7 Å². The van der Waals surface area contributed by atoms with Crippen molar-refractivity contribution >= 4 is 166 Å². The fourth-order valence-electron chi connectivity index (χ4n) is 17.1. The first kappa shape index (κ1) is 114. The molecule has 8 aliphatic rings. The van der Waals surface area contributed by atoms with Crippen LogP contribution >= 0.6 is 11.6 Å². The van der Waals surface area contributed by atoms with E-state index in [1.54, 1.807) is 87.5 Å². The minimum Gasteiger partial charge on any atom is -0.497 e. The number of carbonyl (C=O) groups is 25. The van der Waals surface area contributed by atoms with E-state index in [0.717, 1.165) is 49.3 Å². The van der Waals surface area contributed by atoms with Crippen molar-refractivity contribution in [2.45, 2.75) is 229 Å². The first-order valence-corrected chi connectivity index (χ1v) is 47.2. The lowest BCUT2D eigenvalue weighted by Gasteiger charge is -2.43. The number of ketones is 3. The van der Waals surface area contributed by atoms with E-state index in [4.69, 9.17) is 30.9 Å². The van der Waals surface area contributed by atoms with Crippen molar-refractivity contribution in [3.63, 3.8) is 0 Å². The van der Waals surface area contributed by atoms with Crippen molar-refractivity contribution in [3.05, 3.63) is 131 Å². The Morgan fingerprint density at radius 1 is 0.463 bits per heavy atom. The number of hydrogen-bond donors (Lipinski definition) is 12. The first-order valence-electron chi connectivity index (χ1n) is 46.8. The maximum Gasteiger partial charge on any atom is 0.407 e. The summed E-state index contributed by atoms with van der Waals surface area (Å²) in [5.41, 5.74) is 2.17. The first-order chi connectivity index (χ1) is 70.0. The second kappa shape index (κ2) is 54.3. The van der Waals surface area contributed by atoms with Gasteiger partial charge in [0.2, 0.25) is 47.3 Å². The third kappa shape index (κ3) is 31.5. The fraction of sp³-hybridized carbons (Fsp3) is 0.474. The van der Waals surface area contributed by atoms with Crippen LogP contribution in [-0.2, 0) is 115 Å². The molecule has 8 saturated heterocycles. The van der Waals surface area contributed by atoms with Crippen molar-refractivity contribution in [1.82, 2.24) is 87.6 Å². The number of nitrogens with one attached hydrogen (secondary N) is 9. The molecule has 0 aliphatic carbocycles. The smallest absolute Gasteiger partial charge is 0.407 e. The largest absolute Gasteiger partial charge is 0.497 e. The van der Waals surface area contributed by atoms with Gasteiger partial charge in [-0.15, -0.1) is 0 Å². The minimum absolute atomic E-state index is 0.0138. The number of benzene rings is 3. The molecule has 17 amide bonds. The molecule has 12 rings (SSSR count). The van der Waals surface area contributed by atoms with Crippen molar-refractivity contribution in [2.24, 2.45) is 0 Å². The lowest BCUT2D eigenvalue weighted by molar-refractivity contribution is -0.176. The van der Waals surface area contributed by atoms with Crippen molar-refractivity contribution < 1.29 is 159 Å². The number of hydrazine groups is 4. The van der Waals surface area contributed by atoms with Crippen LogP contribution in [-0.4, -0.2) is 342 Å². The molecule has 8 aliphatic heterocycles. The van der Waals surface area contributed by atoms with Crippen LogP contribution in [0.5, 0.6) is 11.5 Å². The molecule has 51 nitrogen and oxygen atoms in total. The van der Waals surface area contributed by atoms with Gasteiger partial charge in [-0.3, -0.25) is 126 Å². The number of aldehydes is 1. The van der Waals surface area contributed by atoms with E-state index in [2.05, 4.69) is 62.3 Å². The van der Waals surface area contributed by atoms with Crippen LogP contribution in [0, 0.1) is 13.8 Å². The van der Waals surface area contributed by atoms with Crippen molar-refractivity contribution in [2.75, 3.05) is 66.0 Å². The number of Topliss-reactive ketones (excluding diaryl/α,β-unsaturated/α-hetero) is 3. The number of aromatic nitrogens is 1.